The Labute approximate surface area is 80.8 Å². The summed E-state index contributed by atoms with van der Waals surface area (Å²) in [5.74, 6) is 0. The third kappa shape index (κ3) is 4.07. The van der Waals surface area contributed by atoms with Crippen molar-refractivity contribution in [3.05, 3.63) is 0 Å². The maximum absolute atomic E-state index is 5.40. The molecule has 1 aliphatic rings. The van der Waals surface area contributed by atoms with Crippen LogP contribution in [0, 0.1) is 0 Å². The van der Waals surface area contributed by atoms with Crippen molar-refractivity contribution in [3.8, 4) is 0 Å². The van der Waals surface area contributed by atoms with Gasteiger partial charge in [-0.25, -0.2) is 0 Å². The Balaban J connectivity index is 2.13. The first-order chi connectivity index (χ1) is 6.36. The molecule has 1 heterocycles. The molecule has 1 atom stereocenters. The van der Waals surface area contributed by atoms with Crippen molar-refractivity contribution >= 4 is 0 Å². The first kappa shape index (κ1) is 11.0. The Bertz CT molecular complexity index is 124. The van der Waals surface area contributed by atoms with E-state index in [4.69, 9.17) is 9.47 Å². The fourth-order valence-electron chi connectivity index (χ4n) is 1.52. The van der Waals surface area contributed by atoms with Crippen molar-refractivity contribution in [2.24, 2.45) is 0 Å². The van der Waals surface area contributed by atoms with E-state index in [2.05, 4.69) is 19.2 Å². The molecule has 0 aromatic carbocycles. The Hall–Kier alpha value is -0.120. The molecule has 0 amide bonds. The number of hydrogen-bond acceptors (Lipinski definition) is 3. The van der Waals surface area contributed by atoms with Gasteiger partial charge in [0.15, 0.2) is 6.29 Å². The lowest BCUT2D eigenvalue weighted by atomic mass is 10.1. The van der Waals surface area contributed by atoms with Crippen LogP contribution in [-0.4, -0.2) is 32.1 Å². The average Bonchev–Trinajstić information content (AvgIpc) is 2.64. The molecule has 0 aromatic rings. The van der Waals surface area contributed by atoms with Crippen molar-refractivity contribution in [2.45, 2.75) is 45.4 Å². The summed E-state index contributed by atoms with van der Waals surface area (Å²) in [7, 11) is 0. The van der Waals surface area contributed by atoms with E-state index in [9.17, 15) is 0 Å². The van der Waals surface area contributed by atoms with Crippen molar-refractivity contribution in [1.29, 1.82) is 0 Å². The van der Waals surface area contributed by atoms with Crippen LogP contribution in [0.4, 0.5) is 0 Å². The second-order valence-corrected chi connectivity index (χ2v) is 3.47. The predicted molar refractivity (Wildman–Crippen MR) is 52.7 cm³/mol. The third-order valence-corrected chi connectivity index (χ3v) is 2.34. The fraction of sp³-hybridized carbons (Fsp3) is 1.00. The minimum absolute atomic E-state index is 0.0364. The monoisotopic (exact) mass is 187 g/mol. The summed E-state index contributed by atoms with van der Waals surface area (Å²) in [6.45, 7) is 6.99. The van der Waals surface area contributed by atoms with E-state index in [0.717, 1.165) is 32.6 Å². The van der Waals surface area contributed by atoms with E-state index in [1.54, 1.807) is 0 Å². The van der Waals surface area contributed by atoms with Crippen molar-refractivity contribution in [1.82, 2.24) is 5.32 Å². The summed E-state index contributed by atoms with van der Waals surface area (Å²) in [5, 5.41) is 3.49. The highest BCUT2D eigenvalue weighted by molar-refractivity contribution is 4.68. The number of nitrogens with one attached hydrogen (secondary N) is 1. The summed E-state index contributed by atoms with van der Waals surface area (Å²) in [6, 6.07) is 0.544. The number of rotatable bonds is 6. The van der Waals surface area contributed by atoms with Gasteiger partial charge in [-0.1, -0.05) is 13.8 Å². The summed E-state index contributed by atoms with van der Waals surface area (Å²) in [5.41, 5.74) is 0. The van der Waals surface area contributed by atoms with Crippen molar-refractivity contribution in [2.75, 3.05) is 19.8 Å². The molecule has 78 valence electrons. The fourth-order valence-corrected chi connectivity index (χ4v) is 1.52. The molecule has 0 bridgehead atoms. The molecule has 0 aliphatic carbocycles. The molecule has 1 rings (SSSR count). The molecule has 0 spiro atoms. The van der Waals surface area contributed by atoms with Gasteiger partial charge in [0.05, 0.1) is 13.2 Å². The lowest BCUT2D eigenvalue weighted by Gasteiger charge is -2.19. The Morgan fingerprint density at radius 3 is 2.54 bits per heavy atom. The maximum atomic E-state index is 5.40. The van der Waals surface area contributed by atoms with Crippen LogP contribution in [0.15, 0.2) is 0 Å². The molecule has 1 saturated heterocycles. The van der Waals surface area contributed by atoms with Crippen LogP contribution >= 0.6 is 0 Å². The molecule has 0 radical (unpaired) electrons. The van der Waals surface area contributed by atoms with Crippen LogP contribution in [0.25, 0.3) is 0 Å². The van der Waals surface area contributed by atoms with E-state index < -0.39 is 0 Å². The van der Waals surface area contributed by atoms with Gasteiger partial charge in [0, 0.05) is 12.5 Å². The Morgan fingerprint density at radius 1 is 1.31 bits per heavy atom. The summed E-state index contributed by atoms with van der Waals surface area (Å²) >= 11 is 0. The van der Waals surface area contributed by atoms with Gasteiger partial charge in [-0.3, -0.25) is 0 Å². The zero-order valence-corrected chi connectivity index (χ0v) is 8.71. The third-order valence-electron chi connectivity index (χ3n) is 2.34. The van der Waals surface area contributed by atoms with Crippen LogP contribution in [0.1, 0.15) is 33.1 Å². The van der Waals surface area contributed by atoms with Gasteiger partial charge in [0.25, 0.3) is 0 Å². The molecule has 13 heavy (non-hydrogen) atoms. The molecule has 1 unspecified atom stereocenters. The van der Waals surface area contributed by atoms with Crippen molar-refractivity contribution < 1.29 is 9.47 Å². The maximum Gasteiger partial charge on any atom is 0.159 e. The highest BCUT2D eigenvalue weighted by atomic mass is 16.7. The molecule has 1 fully saturated rings. The quantitative estimate of drug-likeness (QED) is 0.684. The van der Waals surface area contributed by atoms with Crippen molar-refractivity contribution in [3.63, 3.8) is 0 Å². The molecule has 0 aromatic heterocycles. The van der Waals surface area contributed by atoms with Gasteiger partial charge in [0.2, 0.25) is 0 Å². The van der Waals surface area contributed by atoms with E-state index in [-0.39, 0.29) is 6.29 Å². The second-order valence-electron chi connectivity index (χ2n) is 3.47. The standard InChI is InChI=1S/C10H21NO2/c1-3-5-11-9(4-2)8-10-12-6-7-13-10/h9-11H,3-8H2,1-2H3. The van der Waals surface area contributed by atoms with Crippen LogP contribution < -0.4 is 5.32 Å². The van der Waals surface area contributed by atoms with E-state index in [1.165, 1.54) is 6.42 Å². The number of hydrogen-bond donors (Lipinski definition) is 1. The topological polar surface area (TPSA) is 30.5 Å². The average molecular weight is 187 g/mol. The van der Waals surface area contributed by atoms with Gasteiger partial charge in [0.1, 0.15) is 0 Å². The minimum Gasteiger partial charge on any atom is -0.350 e. The first-order valence-corrected chi connectivity index (χ1v) is 5.33. The zero-order valence-electron chi connectivity index (χ0n) is 8.71. The van der Waals surface area contributed by atoms with Crippen LogP contribution in [0.5, 0.6) is 0 Å². The highest BCUT2D eigenvalue weighted by Gasteiger charge is 2.19. The zero-order chi connectivity index (χ0) is 9.52. The van der Waals surface area contributed by atoms with Gasteiger partial charge >= 0.3 is 0 Å². The van der Waals surface area contributed by atoms with Crippen LogP contribution in [0.3, 0.4) is 0 Å². The molecule has 1 N–H and O–H groups in total. The lowest BCUT2D eigenvalue weighted by Crippen LogP contribution is -2.33. The molecule has 0 saturated carbocycles. The molecule has 3 nitrogen and oxygen atoms in total. The minimum atomic E-state index is 0.0364. The Kier molecular flexibility index (Phi) is 5.35. The van der Waals surface area contributed by atoms with Gasteiger partial charge in [-0.05, 0) is 19.4 Å². The first-order valence-electron chi connectivity index (χ1n) is 5.33. The van der Waals surface area contributed by atoms with E-state index in [1.807, 2.05) is 0 Å². The molecular weight excluding hydrogens is 166 g/mol. The van der Waals surface area contributed by atoms with Gasteiger partial charge in [-0.15, -0.1) is 0 Å². The van der Waals surface area contributed by atoms with E-state index in [0.29, 0.717) is 6.04 Å². The molecule has 1 aliphatic heterocycles. The molecule has 3 heteroatoms. The summed E-state index contributed by atoms with van der Waals surface area (Å²) in [6.07, 6.45) is 3.34. The number of ether oxygens (including phenoxy) is 2. The normalized spacial score (nSPS) is 20.8. The predicted octanol–water partition coefficient (Wildman–Crippen LogP) is 1.53. The largest absolute Gasteiger partial charge is 0.350 e. The SMILES string of the molecule is CCCNC(CC)CC1OCCO1. The highest BCUT2D eigenvalue weighted by Crippen LogP contribution is 2.12. The Morgan fingerprint density at radius 2 is 2.00 bits per heavy atom. The second kappa shape index (κ2) is 6.35. The summed E-state index contributed by atoms with van der Waals surface area (Å²) < 4.78 is 10.8. The van der Waals surface area contributed by atoms with E-state index >= 15 is 0 Å². The van der Waals surface area contributed by atoms with Gasteiger partial charge < -0.3 is 14.8 Å². The lowest BCUT2D eigenvalue weighted by molar-refractivity contribution is -0.0528. The van der Waals surface area contributed by atoms with Crippen LogP contribution in [-0.2, 0) is 9.47 Å². The smallest absolute Gasteiger partial charge is 0.159 e. The van der Waals surface area contributed by atoms with Crippen LogP contribution in [0.2, 0.25) is 0 Å². The van der Waals surface area contributed by atoms with Gasteiger partial charge in [-0.2, -0.15) is 0 Å². The molecular formula is C10H21NO2. The summed E-state index contributed by atoms with van der Waals surface area (Å²) in [4.78, 5) is 0.